The van der Waals surface area contributed by atoms with Crippen molar-refractivity contribution in [2.75, 3.05) is 5.32 Å². The van der Waals surface area contributed by atoms with Crippen LogP contribution in [0.1, 0.15) is 12.5 Å². The van der Waals surface area contributed by atoms with Gasteiger partial charge in [0.15, 0.2) is 6.10 Å². The van der Waals surface area contributed by atoms with Gasteiger partial charge in [-0.05, 0) is 48.9 Å². The summed E-state index contributed by atoms with van der Waals surface area (Å²) < 4.78 is 18.3. The summed E-state index contributed by atoms with van der Waals surface area (Å²) in [6.45, 7) is 1.53. The molecular weight excluding hydrogens is 273 g/mol. The van der Waals surface area contributed by atoms with Crippen LogP contribution >= 0.6 is 0 Å². The molecule has 1 unspecified atom stereocenters. The summed E-state index contributed by atoms with van der Waals surface area (Å²) in [5.41, 5.74) is 1.21. The van der Waals surface area contributed by atoms with Crippen LogP contribution in [0.25, 0.3) is 0 Å². The molecule has 4 nitrogen and oxygen atoms in total. The average molecular weight is 289 g/mol. The number of carbonyl (C=O) groups is 1. The number of hydrogen-bond acceptors (Lipinski definition) is 3. The van der Waals surface area contributed by atoms with Gasteiger partial charge in [-0.1, -0.05) is 12.1 Å². The molecule has 0 aromatic heterocycles. The minimum Gasteiger partial charge on any atom is -0.481 e. The minimum absolute atomic E-state index is 0.0899. The number of halogens is 1. The van der Waals surface area contributed by atoms with Crippen LogP contribution < -0.4 is 10.1 Å². The lowest BCUT2D eigenvalue weighted by Gasteiger charge is -2.15. The summed E-state index contributed by atoms with van der Waals surface area (Å²) in [5, 5.41) is 11.7. The molecule has 0 saturated carbocycles. The second-order valence-electron chi connectivity index (χ2n) is 4.56. The Morgan fingerprint density at radius 1 is 1.29 bits per heavy atom. The fraction of sp³-hybridized carbons (Fsp3) is 0.188. The number of carbonyl (C=O) groups excluding carboxylic acids is 1. The zero-order chi connectivity index (χ0) is 15.2. The van der Waals surface area contributed by atoms with Crippen molar-refractivity contribution in [3.05, 3.63) is 59.9 Å². The smallest absolute Gasteiger partial charge is 0.265 e. The van der Waals surface area contributed by atoms with Gasteiger partial charge in [-0.3, -0.25) is 4.79 Å². The van der Waals surface area contributed by atoms with E-state index < -0.39 is 6.10 Å². The van der Waals surface area contributed by atoms with Gasteiger partial charge in [-0.2, -0.15) is 0 Å². The van der Waals surface area contributed by atoms with E-state index in [-0.39, 0.29) is 18.3 Å². The number of aliphatic hydroxyl groups is 1. The summed E-state index contributed by atoms with van der Waals surface area (Å²) >= 11 is 0. The molecule has 2 aromatic rings. The van der Waals surface area contributed by atoms with Crippen molar-refractivity contribution in [2.24, 2.45) is 0 Å². The van der Waals surface area contributed by atoms with Gasteiger partial charge in [-0.15, -0.1) is 0 Å². The summed E-state index contributed by atoms with van der Waals surface area (Å²) in [5.74, 6) is -0.197. The van der Waals surface area contributed by atoms with Crippen LogP contribution in [0.15, 0.2) is 48.5 Å². The zero-order valence-corrected chi connectivity index (χ0v) is 11.5. The molecule has 0 saturated heterocycles. The molecule has 1 atom stereocenters. The largest absolute Gasteiger partial charge is 0.481 e. The van der Waals surface area contributed by atoms with E-state index in [0.717, 1.165) is 0 Å². The average Bonchev–Trinajstić information content (AvgIpc) is 2.49. The summed E-state index contributed by atoms with van der Waals surface area (Å²) in [6.07, 6.45) is -0.719. The van der Waals surface area contributed by atoms with Crippen LogP contribution in [-0.4, -0.2) is 17.1 Å². The number of ether oxygens (including phenoxy) is 1. The van der Waals surface area contributed by atoms with Crippen molar-refractivity contribution in [1.82, 2.24) is 0 Å². The number of anilines is 1. The molecule has 0 aliphatic rings. The van der Waals surface area contributed by atoms with E-state index >= 15 is 0 Å². The first-order valence-corrected chi connectivity index (χ1v) is 6.51. The molecule has 0 radical (unpaired) electrons. The van der Waals surface area contributed by atoms with E-state index in [2.05, 4.69) is 5.32 Å². The van der Waals surface area contributed by atoms with Crippen LogP contribution in [0, 0.1) is 5.82 Å². The Bertz CT molecular complexity index is 613. The summed E-state index contributed by atoms with van der Waals surface area (Å²) in [7, 11) is 0. The third-order valence-corrected chi connectivity index (χ3v) is 2.87. The molecule has 21 heavy (non-hydrogen) atoms. The fourth-order valence-corrected chi connectivity index (χ4v) is 1.75. The number of benzene rings is 2. The molecule has 110 valence electrons. The lowest BCUT2D eigenvalue weighted by Crippen LogP contribution is -2.30. The molecule has 0 aliphatic heterocycles. The predicted molar refractivity (Wildman–Crippen MR) is 77.5 cm³/mol. The van der Waals surface area contributed by atoms with Crippen molar-refractivity contribution in [1.29, 1.82) is 0 Å². The predicted octanol–water partition coefficient (Wildman–Crippen LogP) is 2.72. The molecule has 0 fully saturated rings. The minimum atomic E-state index is -0.719. The van der Waals surface area contributed by atoms with E-state index in [0.29, 0.717) is 17.0 Å². The highest BCUT2D eigenvalue weighted by atomic mass is 19.1. The molecule has 0 bridgehead atoms. The lowest BCUT2D eigenvalue weighted by atomic mass is 10.2. The van der Waals surface area contributed by atoms with Gasteiger partial charge in [0.1, 0.15) is 11.6 Å². The fourth-order valence-electron chi connectivity index (χ4n) is 1.75. The third kappa shape index (κ3) is 4.29. The standard InChI is InChI=1S/C16H16FNO3/c1-11(21-15-4-2-3-12(9-15)10-19)16(20)18-14-7-5-13(17)6-8-14/h2-9,11,19H,10H2,1H3,(H,18,20). The third-order valence-electron chi connectivity index (χ3n) is 2.87. The highest BCUT2D eigenvalue weighted by Crippen LogP contribution is 2.16. The number of hydrogen-bond donors (Lipinski definition) is 2. The van der Waals surface area contributed by atoms with E-state index in [4.69, 9.17) is 9.84 Å². The molecule has 2 N–H and O–H groups in total. The number of nitrogens with one attached hydrogen (secondary N) is 1. The van der Waals surface area contributed by atoms with Crippen LogP contribution in [0.4, 0.5) is 10.1 Å². The zero-order valence-electron chi connectivity index (χ0n) is 11.5. The van der Waals surface area contributed by atoms with Gasteiger partial charge in [0, 0.05) is 5.69 Å². The van der Waals surface area contributed by atoms with Crippen LogP contribution in [0.3, 0.4) is 0 Å². The molecule has 5 heteroatoms. The van der Waals surface area contributed by atoms with Gasteiger partial charge in [0.25, 0.3) is 5.91 Å². The monoisotopic (exact) mass is 289 g/mol. The number of rotatable bonds is 5. The molecule has 0 heterocycles. The maximum Gasteiger partial charge on any atom is 0.265 e. The molecule has 2 rings (SSSR count). The molecule has 0 aliphatic carbocycles. The van der Waals surface area contributed by atoms with E-state index in [1.807, 2.05) is 0 Å². The van der Waals surface area contributed by atoms with Crippen molar-refractivity contribution in [2.45, 2.75) is 19.6 Å². The summed E-state index contributed by atoms with van der Waals surface area (Å²) in [6, 6.07) is 12.4. The summed E-state index contributed by atoms with van der Waals surface area (Å²) in [4.78, 5) is 12.0. The molecular formula is C16H16FNO3. The van der Waals surface area contributed by atoms with Crippen molar-refractivity contribution in [3.63, 3.8) is 0 Å². The molecule has 1 amide bonds. The van der Waals surface area contributed by atoms with Crippen LogP contribution in [0.2, 0.25) is 0 Å². The highest BCUT2D eigenvalue weighted by Gasteiger charge is 2.15. The second kappa shape index (κ2) is 6.85. The first-order valence-electron chi connectivity index (χ1n) is 6.51. The van der Waals surface area contributed by atoms with E-state index in [9.17, 15) is 9.18 Å². The SMILES string of the molecule is CC(Oc1cccc(CO)c1)C(=O)Nc1ccc(F)cc1. The first-order chi connectivity index (χ1) is 10.1. The second-order valence-corrected chi connectivity index (χ2v) is 4.56. The van der Waals surface area contributed by atoms with Crippen molar-refractivity contribution >= 4 is 11.6 Å². The van der Waals surface area contributed by atoms with Gasteiger partial charge in [0.05, 0.1) is 6.61 Å². The van der Waals surface area contributed by atoms with Gasteiger partial charge in [-0.25, -0.2) is 4.39 Å². The Kier molecular flexibility index (Phi) is 4.90. The van der Waals surface area contributed by atoms with Crippen molar-refractivity contribution in [3.8, 4) is 5.75 Å². The molecule has 2 aromatic carbocycles. The van der Waals surface area contributed by atoms with Gasteiger partial charge < -0.3 is 15.2 Å². The molecule has 0 spiro atoms. The topological polar surface area (TPSA) is 58.6 Å². The normalized spacial score (nSPS) is 11.8. The Morgan fingerprint density at radius 3 is 2.67 bits per heavy atom. The van der Waals surface area contributed by atoms with Crippen LogP contribution in [-0.2, 0) is 11.4 Å². The Hall–Kier alpha value is -2.40. The van der Waals surface area contributed by atoms with Crippen LogP contribution in [0.5, 0.6) is 5.75 Å². The van der Waals surface area contributed by atoms with E-state index in [1.165, 1.54) is 24.3 Å². The van der Waals surface area contributed by atoms with E-state index in [1.54, 1.807) is 31.2 Å². The maximum atomic E-state index is 12.8. The van der Waals surface area contributed by atoms with Gasteiger partial charge >= 0.3 is 0 Å². The highest BCUT2D eigenvalue weighted by molar-refractivity contribution is 5.94. The first kappa shape index (κ1) is 15.0. The quantitative estimate of drug-likeness (QED) is 0.889. The lowest BCUT2D eigenvalue weighted by molar-refractivity contribution is -0.122. The Balaban J connectivity index is 1.97. The Labute approximate surface area is 122 Å². The number of aliphatic hydroxyl groups excluding tert-OH is 1. The Morgan fingerprint density at radius 2 is 2.00 bits per heavy atom. The maximum absolute atomic E-state index is 12.8. The van der Waals surface area contributed by atoms with Crippen molar-refractivity contribution < 1.29 is 19.0 Å². The van der Waals surface area contributed by atoms with Gasteiger partial charge in [0.2, 0.25) is 0 Å². The number of amides is 1.